The van der Waals surface area contributed by atoms with E-state index in [-0.39, 0.29) is 12.2 Å². The Kier molecular flexibility index (Phi) is 6.25. The molecule has 26 heavy (non-hydrogen) atoms. The maximum atomic E-state index is 12.2. The topological polar surface area (TPSA) is 42.0 Å². The second-order valence-corrected chi connectivity index (χ2v) is 9.17. The molecule has 5 nitrogen and oxygen atoms in total. The zero-order valence-electron chi connectivity index (χ0n) is 15.9. The summed E-state index contributed by atoms with van der Waals surface area (Å²) in [5, 5.41) is 0. The minimum absolute atomic E-state index is 0.115. The standard InChI is InChI=1S/C20H29BrN2O3/c1-20(2,3)26-19(24)23-8-7-15(13-23)12-22-9-10-25-18(14-22)16-5-4-6-17(21)11-16/h4-6,11,15,18H,7-10,12-14H2,1-3H3/t15-,18-/m0/s1. The summed E-state index contributed by atoms with van der Waals surface area (Å²) in [7, 11) is 0. The number of hydrogen-bond acceptors (Lipinski definition) is 4. The van der Waals surface area contributed by atoms with E-state index >= 15 is 0 Å². The molecule has 2 fully saturated rings. The van der Waals surface area contributed by atoms with Crippen molar-refractivity contribution in [2.75, 3.05) is 39.3 Å². The highest BCUT2D eigenvalue weighted by Crippen LogP contribution is 2.27. The van der Waals surface area contributed by atoms with Gasteiger partial charge in [-0.05, 0) is 50.8 Å². The molecular weight excluding hydrogens is 396 g/mol. The Morgan fingerprint density at radius 1 is 1.31 bits per heavy atom. The van der Waals surface area contributed by atoms with Crippen LogP contribution in [0.25, 0.3) is 0 Å². The van der Waals surface area contributed by atoms with Crippen molar-refractivity contribution in [2.24, 2.45) is 5.92 Å². The van der Waals surface area contributed by atoms with Gasteiger partial charge in [0.05, 0.1) is 12.7 Å². The molecule has 1 aromatic carbocycles. The first-order valence-electron chi connectivity index (χ1n) is 9.37. The summed E-state index contributed by atoms with van der Waals surface area (Å²) in [4.78, 5) is 16.6. The highest BCUT2D eigenvalue weighted by Gasteiger charge is 2.32. The van der Waals surface area contributed by atoms with Crippen molar-refractivity contribution in [2.45, 2.75) is 38.9 Å². The van der Waals surface area contributed by atoms with E-state index < -0.39 is 5.60 Å². The molecule has 2 saturated heterocycles. The van der Waals surface area contributed by atoms with E-state index in [0.29, 0.717) is 5.92 Å². The maximum absolute atomic E-state index is 12.2. The van der Waals surface area contributed by atoms with Gasteiger partial charge in [0.25, 0.3) is 0 Å². The van der Waals surface area contributed by atoms with Crippen LogP contribution in [0.1, 0.15) is 38.9 Å². The number of nitrogens with zero attached hydrogens (tertiary/aromatic N) is 2. The van der Waals surface area contributed by atoms with E-state index in [1.165, 1.54) is 5.56 Å². The monoisotopic (exact) mass is 424 g/mol. The molecule has 0 radical (unpaired) electrons. The first-order chi connectivity index (χ1) is 12.3. The number of amides is 1. The van der Waals surface area contributed by atoms with Crippen LogP contribution in [-0.4, -0.2) is 60.8 Å². The maximum Gasteiger partial charge on any atom is 0.410 e. The number of carbonyl (C=O) groups excluding carboxylic acids is 1. The average molecular weight is 425 g/mol. The highest BCUT2D eigenvalue weighted by atomic mass is 79.9. The number of ether oxygens (including phenoxy) is 2. The van der Waals surface area contributed by atoms with Crippen molar-refractivity contribution in [1.82, 2.24) is 9.80 Å². The van der Waals surface area contributed by atoms with Gasteiger partial charge in [-0.2, -0.15) is 0 Å². The van der Waals surface area contributed by atoms with Gasteiger partial charge in [0.15, 0.2) is 0 Å². The van der Waals surface area contributed by atoms with Crippen LogP contribution >= 0.6 is 15.9 Å². The number of benzene rings is 1. The lowest BCUT2D eigenvalue weighted by atomic mass is 10.1. The summed E-state index contributed by atoms with van der Waals surface area (Å²) in [6.07, 6.45) is 0.969. The van der Waals surface area contributed by atoms with E-state index in [1.807, 2.05) is 31.7 Å². The van der Waals surface area contributed by atoms with E-state index in [2.05, 4.69) is 39.0 Å². The molecule has 1 amide bonds. The Morgan fingerprint density at radius 2 is 2.12 bits per heavy atom. The van der Waals surface area contributed by atoms with Crippen molar-refractivity contribution < 1.29 is 14.3 Å². The summed E-state index contributed by atoms with van der Waals surface area (Å²) in [6.45, 7) is 10.9. The molecule has 144 valence electrons. The molecule has 0 N–H and O–H groups in total. The van der Waals surface area contributed by atoms with Gasteiger partial charge in [0.2, 0.25) is 0 Å². The molecule has 0 spiro atoms. The van der Waals surface area contributed by atoms with E-state index in [9.17, 15) is 4.79 Å². The molecular formula is C20H29BrN2O3. The Morgan fingerprint density at radius 3 is 2.85 bits per heavy atom. The predicted octanol–water partition coefficient (Wildman–Crippen LogP) is 4.08. The Balaban J connectivity index is 1.51. The third-order valence-corrected chi connectivity index (χ3v) is 5.32. The van der Waals surface area contributed by atoms with Gasteiger partial charge in [-0.25, -0.2) is 4.79 Å². The Bertz CT molecular complexity index is 632. The lowest BCUT2D eigenvalue weighted by molar-refractivity contribution is -0.0343. The third-order valence-electron chi connectivity index (χ3n) is 4.82. The summed E-state index contributed by atoms with van der Waals surface area (Å²) < 4.78 is 12.6. The van der Waals surface area contributed by atoms with E-state index in [1.54, 1.807) is 0 Å². The molecule has 2 aliphatic heterocycles. The van der Waals surface area contributed by atoms with Crippen molar-refractivity contribution in [3.8, 4) is 0 Å². The molecule has 0 aliphatic carbocycles. The van der Waals surface area contributed by atoms with Gasteiger partial charge >= 0.3 is 6.09 Å². The average Bonchev–Trinajstić information content (AvgIpc) is 3.02. The normalized spacial score (nSPS) is 24.7. The molecule has 2 atom stereocenters. The fourth-order valence-electron chi connectivity index (χ4n) is 3.62. The van der Waals surface area contributed by atoms with Gasteiger partial charge in [-0.3, -0.25) is 4.90 Å². The lowest BCUT2D eigenvalue weighted by Crippen LogP contribution is -2.42. The molecule has 1 aromatic rings. The van der Waals surface area contributed by atoms with Gasteiger partial charge < -0.3 is 14.4 Å². The van der Waals surface area contributed by atoms with Crippen LogP contribution in [0.4, 0.5) is 4.79 Å². The van der Waals surface area contributed by atoms with Gasteiger partial charge in [-0.1, -0.05) is 28.1 Å². The minimum Gasteiger partial charge on any atom is -0.444 e. The molecule has 0 unspecified atom stereocenters. The van der Waals surface area contributed by atoms with Crippen LogP contribution in [0.2, 0.25) is 0 Å². The van der Waals surface area contributed by atoms with Crippen LogP contribution in [0.15, 0.2) is 28.7 Å². The molecule has 3 rings (SSSR count). The smallest absolute Gasteiger partial charge is 0.410 e. The molecule has 0 aromatic heterocycles. The van der Waals surface area contributed by atoms with Crippen molar-refractivity contribution in [3.05, 3.63) is 34.3 Å². The summed E-state index contributed by atoms with van der Waals surface area (Å²) in [5.74, 6) is 0.503. The first kappa shape index (κ1) is 19.6. The summed E-state index contributed by atoms with van der Waals surface area (Å²) >= 11 is 3.54. The van der Waals surface area contributed by atoms with Crippen LogP contribution in [0, 0.1) is 5.92 Å². The SMILES string of the molecule is CC(C)(C)OC(=O)N1CC[C@@H](CN2CCO[C@H](c3cccc(Br)c3)C2)C1. The number of rotatable bonds is 3. The fraction of sp³-hybridized carbons (Fsp3) is 0.650. The van der Waals surface area contributed by atoms with Gasteiger partial charge in [0.1, 0.15) is 5.60 Å². The highest BCUT2D eigenvalue weighted by molar-refractivity contribution is 9.10. The second kappa shape index (κ2) is 8.28. The van der Waals surface area contributed by atoms with E-state index in [4.69, 9.17) is 9.47 Å². The fourth-order valence-corrected chi connectivity index (χ4v) is 4.03. The quantitative estimate of drug-likeness (QED) is 0.732. The van der Waals surface area contributed by atoms with Crippen LogP contribution < -0.4 is 0 Å². The number of morpholine rings is 1. The molecule has 6 heteroatoms. The van der Waals surface area contributed by atoms with Crippen LogP contribution in [0.3, 0.4) is 0 Å². The molecule has 2 aliphatic rings. The molecule has 2 heterocycles. The largest absolute Gasteiger partial charge is 0.444 e. The molecule has 0 bridgehead atoms. The van der Waals surface area contributed by atoms with Gasteiger partial charge in [0, 0.05) is 37.2 Å². The minimum atomic E-state index is -0.434. The first-order valence-corrected chi connectivity index (χ1v) is 10.2. The molecule has 0 saturated carbocycles. The summed E-state index contributed by atoms with van der Waals surface area (Å²) in [5.41, 5.74) is 0.780. The number of likely N-dealkylation sites (tertiary alicyclic amines) is 1. The van der Waals surface area contributed by atoms with Crippen LogP contribution in [-0.2, 0) is 9.47 Å². The van der Waals surface area contributed by atoms with Crippen LogP contribution in [0.5, 0.6) is 0 Å². The number of halogens is 1. The Labute approximate surface area is 164 Å². The number of hydrogen-bond donors (Lipinski definition) is 0. The lowest BCUT2D eigenvalue weighted by Gasteiger charge is -2.34. The van der Waals surface area contributed by atoms with Crippen molar-refractivity contribution in [3.63, 3.8) is 0 Å². The van der Waals surface area contributed by atoms with Crippen molar-refractivity contribution >= 4 is 22.0 Å². The predicted molar refractivity (Wildman–Crippen MR) is 105 cm³/mol. The van der Waals surface area contributed by atoms with E-state index in [0.717, 1.165) is 50.2 Å². The zero-order chi connectivity index (χ0) is 18.7. The third kappa shape index (κ3) is 5.44. The zero-order valence-corrected chi connectivity index (χ0v) is 17.5. The van der Waals surface area contributed by atoms with Gasteiger partial charge in [-0.15, -0.1) is 0 Å². The second-order valence-electron chi connectivity index (χ2n) is 8.26. The van der Waals surface area contributed by atoms with Crippen molar-refractivity contribution in [1.29, 1.82) is 0 Å². The Hall–Kier alpha value is -1.11. The summed E-state index contributed by atoms with van der Waals surface area (Å²) in [6, 6.07) is 8.35. The number of carbonyl (C=O) groups is 1.